The zero-order chi connectivity index (χ0) is 14.5. The zero-order valence-electron chi connectivity index (χ0n) is 11.2. The molecule has 0 saturated carbocycles. The molecule has 102 valence electrons. The molecule has 0 fully saturated rings. The summed E-state index contributed by atoms with van der Waals surface area (Å²) < 4.78 is 0.999. The number of aryl methyl sites for hydroxylation is 2. The highest BCUT2D eigenvalue weighted by Gasteiger charge is 2.04. The van der Waals surface area contributed by atoms with Crippen LogP contribution < -0.4 is 10.6 Å². The first-order chi connectivity index (χ1) is 9.58. The Morgan fingerprint density at radius 1 is 1.20 bits per heavy atom. The van der Waals surface area contributed by atoms with Gasteiger partial charge in [-0.3, -0.25) is 0 Å². The van der Waals surface area contributed by atoms with Crippen molar-refractivity contribution in [1.82, 2.24) is 9.97 Å². The van der Waals surface area contributed by atoms with Gasteiger partial charge in [0, 0.05) is 16.2 Å². The second-order valence-corrected chi connectivity index (χ2v) is 5.20. The molecule has 0 aliphatic carbocycles. The van der Waals surface area contributed by atoms with Gasteiger partial charge in [-0.25, -0.2) is 9.97 Å². The maximum Gasteiger partial charge on any atom is 0.136 e. The summed E-state index contributed by atoms with van der Waals surface area (Å²) in [4.78, 5) is 8.58. The highest BCUT2D eigenvalue weighted by atomic mass is 79.9. The molecule has 20 heavy (non-hydrogen) atoms. The maximum absolute atomic E-state index is 8.59. The first kappa shape index (κ1) is 14.3. The molecule has 0 radical (unpaired) electrons. The van der Waals surface area contributed by atoms with E-state index in [0.29, 0.717) is 17.5 Å². The van der Waals surface area contributed by atoms with Crippen LogP contribution in [-0.4, -0.2) is 16.5 Å². The van der Waals surface area contributed by atoms with Crippen LogP contribution in [0.5, 0.6) is 0 Å². The minimum atomic E-state index is 0.214. The van der Waals surface area contributed by atoms with E-state index in [4.69, 9.17) is 5.26 Å². The molecule has 2 N–H and O–H groups in total. The average molecular weight is 332 g/mol. The summed E-state index contributed by atoms with van der Waals surface area (Å²) in [6.07, 6.45) is 0. The van der Waals surface area contributed by atoms with Crippen molar-refractivity contribution in [2.75, 3.05) is 17.2 Å². The third kappa shape index (κ3) is 3.68. The topological polar surface area (TPSA) is 73.6 Å². The van der Waals surface area contributed by atoms with E-state index in [9.17, 15) is 0 Å². The number of hydrogen-bond donors (Lipinski definition) is 2. The van der Waals surface area contributed by atoms with Crippen molar-refractivity contribution in [1.29, 1.82) is 5.26 Å². The van der Waals surface area contributed by atoms with Crippen LogP contribution >= 0.6 is 15.9 Å². The fourth-order valence-electron chi connectivity index (χ4n) is 1.72. The van der Waals surface area contributed by atoms with Gasteiger partial charge in [0.05, 0.1) is 6.07 Å². The van der Waals surface area contributed by atoms with Crippen LogP contribution in [0.25, 0.3) is 0 Å². The maximum atomic E-state index is 8.59. The lowest BCUT2D eigenvalue weighted by molar-refractivity contribution is 1.05. The van der Waals surface area contributed by atoms with Gasteiger partial charge in [-0.2, -0.15) is 5.26 Å². The van der Waals surface area contributed by atoms with E-state index < -0.39 is 0 Å². The molecule has 2 aromatic rings. The number of rotatable bonds is 4. The number of nitrogens with one attached hydrogen (secondary N) is 2. The number of hydrogen-bond acceptors (Lipinski definition) is 5. The van der Waals surface area contributed by atoms with Crippen LogP contribution in [0.2, 0.25) is 0 Å². The SMILES string of the molecule is Cc1nc(NCC#N)cc(Nc2cc(Br)ccc2C)n1. The summed E-state index contributed by atoms with van der Waals surface area (Å²) in [5, 5.41) is 14.8. The van der Waals surface area contributed by atoms with Gasteiger partial charge in [-0.05, 0) is 31.5 Å². The average Bonchev–Trinajstić information content (AvgIpc) is 2.40. The standard InChI is InChI=1S/C14H14BrN5/c1-9-3-4-11(15)7-12(9)20-14-8-13(17-6-5-16)18-10(2)19-14/h3-4,7-8H,6H2,1-2H3,(H2,17,18,19,20). The number of nitriles is 1. The van der Waals surface area contributed by atoms with Gasteiger partial charge in [0.15, 0.2) is 0 Å². The zero-order valence-corrected chi connectivity index (χ0v) is 12.8. The van der Waals surface area contributed by atoms with Crippen molar-refractivity contribution in [3.63, 3.8) is 0 Å². The van der Waals surface area contributed by atoms with E-state index in [0.717, 1.165) is 15.7 Å². The first-order valence-electron chi connectivity index (χ1n) is 6.08. The van der Waals surface area contributed by atoms with Crippen LogP contribution in [0.1, 0.15) is 11.4 Å². The minimum absolute atomic E-state index is 0.214. The number of aromatic nitrogens is 2. The van der Waals surface area contributed by atoms with Crippen molar-refractivity contribution in [2.45, 2.75) is 13.8 Å². The third-order valence-corrected chi connectivity index (χ3v) is 3.14. The molecule has 0 atom stereocenters. The normalized spacial score (nSPS) is 9.90. The Bertz CT molecular complexity index is 663. The second kappa shape index (κ2) is 6.35. The van der Waals surface area contributed by atoms with Gasteiger partial charge in [-0.1, -0.05) is 22.0 Å². The first-order valence-corrected chi connectivity index (χ1v) is 6.87. The Kier molecular flexibility index (Phi) is 4.53. The van der Waals surface area contributed by atoms with Gasteiger partial charge in [0.1, 0.15) is 24.0 Å². The summed E-state index contributed by atoms with van der Waals surface area (Å²) in [7, 11) is 0. The second-order valence-electron chi connectivity index (χ2n) is 4.28. The molecule has 0 aliphatic rings. The van der Waals surface area contributed by atoms with Crippen LogP contribution in [0.3, 0.4) is 0 Å². The molecule has 0 amide bonds. The molecule has 0 spiro atoms. The Balaban J connectivity index is 2.26. The molecule has 0 aliphatic heterocycles. The van der Waals surface area contributed by atoms with Crippen LogP contribution in [0.15, 0.2) is 28.7 Å². The van der Waals surface area contributed by atoms with Crippen molar-refractivity contribution in [2.24, 2.45) is 0 Å². The van der Waals surface area contributed by atoms with E-state index in [1.54, 1.807) is 6.07 Å². The van der Waals surface area contributed by atoms with E-state index in [1.807, 2.05) is 38.1 Å². The molecule has 5 nitrogen and oxygen atoms in total. The predicted molar refractivity (Wildman–Crippen MR) is 83.0 cm³/mol. The van der Waals surface area contributed by atoms with Gasteiger partial charge >= 0.3 is 0 Å². The van der Waals surface area contributed by atoms with Gasteiger partial charge < -0.3 is 10.6 Å². The summed E-state index contributed by atoms with van der Waals surface area (Å²) in [5.74, 6) is 1.97. The van der Waals surface area contributed by atoms with Crippen molar-refractivity contribution < 1.29 is 0 Å². The molecule has 1 heterocycles. The Labute approximate surface area is 126 Å². The lowest BCUT2D eigenvalue weighted by Crippen LogP contribution is -2.05. The predicted octanol–water partition coefficient (Wildman–Crippen LogP) is 3.54. The largest absolute Gasteiger partial charge is 0.357 e. The summed E-state index contributed by atoms with van der Waals surface area (Å²) in [6.45, 7) is 4.06. The molecular formula is C14H14BrN5. The Hall–Kier alpha value is -2.13. The molecule has 6 heteroatoms. The van der Waals surface area contributed by atoms with Crippen LogP contribution in [0, 0.1) is 25.2 Å². The highest BCUT2D eigenvalue weighted by Crippen LogP contribution is 2.24. The van der Waals surface area contributed by atoms with Gasteiger partial charge in [-0.15, -0.1) is 0 Å². The molecule has 2 rings (SSSR count). The number of benzene rings is 1. The summed E-state index contributed by atoms with van der Waals surface area (Å²) >= 11 is 3.45. The molecule has 1 aromatic heterocycles. The Morgan fingerprint density at radius 3 is 2.70 bits per heavy atom. The summed E-state index contributed by atoms with van der Waals surface area (Å²) in [6, 6.07) is 9.82. The smallest absolute Gasteiger partial charge is 0.136 e. The van der Waals surface area contributed by atoms with Crippen molar-refractivity contribution in [3.05, 3.63) is 40.1 Å². The number of halogens is 1. The van der Waals surface area contributed by atoms with Gasteiger partial charge in [0.2, 0.25) is 0 Å². The van der Waals surface area contributed by atoms with Crippen molar-refractivity contribution >= 4 is 33.3 Å². The lowest BCUT2D eigenvalue weighted by Gasteiger charge is -2.11. The van der Waals surface area contributed by atoms with E-state index >= 15 is 0 Å². The highest BCUT2D eigenvalue weighted by molar-refractivity contribution is 9.10. The number of anilines is 3. The van der Waals surface area contributed by atoms with Crippen molar-refractivity contribution in [3.8, 4) is 6.07 Å². The van der Waals surface area contributed by atoms with E-state index in [2.05, 4.69) is 36.5 Å². The number of nitrogens with zero attached hydrogens (tertiary/aromatic N) is 3. The monoisotopic (exact) mass is 331 g/mol. The van der Waals surface area contributed by atoms with Crippen LogP contribution in [0.4, 0.5) is 17.3 Å². The molecular weight excluding hydrogens is 318 g/mol. The molecule has 0 unspecified atom stereocenters. The third-order valence-electron chi connectivity index (χ3n) is 2.65. The van der Waals surface area contributed by atoms with Gasteiger partial charge in [0.25, 0.3) is 0 Å². The quantitative estimate of drug-likeness (QED) is 0.838. The fraction of sp³-hybridized carbons (Fsp3) is 0.214. The van der Waals surface area contributed by atoms with Crippen LogP contribution in [-0.2, 0) is 0 Å². The Morgan fingerprint density at radius 2 is 1.95 bits per heavy atom. The summed E-state index contributed by atoms with van der Waals surface area (Å²) in [5.41, 5.74) is 2.10. The lowest BCUT2D eigenvalue weighted by atomic mass is 10.2. The van der Waals surface area contributed by atoms with E-state index in [-0.39, 0.29) is 6.54 Å². The van der Waals surface area contributed by atoms with E-state index in [1.165, 1.54) is 0 Å². The molecule has 0 saturated heterocycles. The minimum Gasteiger partial charge on any atom is -0.357 e. The molecule has 0 bridgehead atoms. The molecule has 1 aromatic carbocycles. The fourth-order valence-corrected chi connectivity index (χ4v) is 2.08.